The molecule has 0 aromatic heterocycles. The quantitative estimate of drug-likeness (QED) is 0.564. The average Bonchev–Trinajstić information content (AvgIpc) is 2.37. The first kappa shape index (κ1) is 16.9. The number of benzene rings is 1. The first-order valence-electron chi connectivity index (χ1n) is 5.50. The molecular formula is C12H14ClNO4S2. The Balaban J connectivity index is 3.49. The lowest BCUT2D eigenvalue weighted by atomic mass is 10.4. The van der Waals surface area contributed by atoms with Gasteiger partial charge in [0, 0.05) is 23.8 Å². The smallest absolute Gasteiger partial charge is 0.207 e. The summed E-state index contributed by atoms with van der Waals surface area (Å²) in [5.74, 6) is 0. The Kier molecular flexibility index (Phi) is 5.52. The maximum atomic E-state index is 12.5. The van der Waals surface area contributed by atoms with Gasteiger partial charge in [0.25, 0.3) is 9.05 Å². The third kappa shape index (κ3) is 3.69. The molecule has 0 atom stereocenters. The molecule has 1 aromatic carbocycles. The summed E-state index contributed by atoms with van der Waals surface area (Å²) in [6.45, 7) is 7.02. The summed E-state index contributed by atoms with van der Waals surface area (Å²) >= 11 is 0. The molecule has 1 rings (SSSR count). The molecule has 0 spiro atoms. The van der Waals surface area contributed by atoms with Gasteiger partial charge in [0.15, 0.2) is 0 Å². The van der Waals surface area contributed by atoms with E-state index in [2.05, 4.69) is 13.2 Å². The van der Waals surface area contributed by atoms with Gasteiger partial charge in [-0.15, -0.1) is 13.2 Å². The molecule has 0 amide bonds. The standard InChI is InChI=1S/C12H14ClNO4S2/c1-3-9-14(10-4-2)20(17,18)12-8-6-5-7-11(12)19(13,15)16/h3-8H,1-2,9-10H2. The van der Waals surface area contributed by atoms with Crippen LogP contribution < -0.4 is 0 Å². The summed E-state index contributed by atoms with van der Waals surface area (Å²) in [5, 5.41) is 0. The molecule has 0 N–H and O–H groups in total. The van der Waals surface area contributed by atoms with E-state index in [0.29, 0.717) is 0 Å². The highest BCUT2D eigenvalue weighted by Crippen LogP contribution is 2.26. The highest BCUT2D eigenvalue weighted by Gasteiger charge is 2.29. The lowest BCUT2D eigenvalue weighted by Gasteiger charge is -2.20. The molecule has 8 heteroatoms. The molecule has 0 saturated heterocycles. The predicted molar refractivity (Wildman–Crippen MR) is 78.6 cm³/mol. The number of sulfonamides is 1. The maximum absolute atomic E-state index is 12.5. The van der Waals surface area contributed by atoms with Gasteiger partial charge in [0.2, 0.25) is 10.0 Å². The van der Waals surface area contributed by atoms with Crippen LogP contribution in [0.5, 0.6) is 0 Å². The van der Waals surface area contributed by atoms with Gasteiger partial charge in [-0.25, -0.2) is 16.8 Å². The fourth-order valence-corrected chi connectivity index (χ4v) is 4.75. The second-order valence-electron chi connectivity index (χ2n) is 3.78. The summed E-state index contributed by atoms with van der Waals surface area (Å²) in [4.78, 5) is -0.807. The lowest BCUT2D eigenvalue weighted by molar-refractivity contribution is 0.472. The topological polar surface area (TPSA) is 71.5 Å². The molecule has 20 heavy (non-hydrogen) atoms. The molecule has 0 bridgehead atoms. The van der Waals surface area contributed by atoms with Gasteiger partial charge in [-0.2, -0.15) is 4.31 Å². The molecule has 0 radical (unpaired) electrons. The van der Waals surface area contributed by atoms with Gasteiger partial charge >= 0.3 is 0 Å². The van der Waals surface area contributed by atoms with Crippen molar-refractivity contribution in [1.29, 1.82) is 0 Å². The molecule has 0 aliphatic carbocycles. The van der Waals surface area contributed by atoms with Crippen LogP contribution in [0, 0.1) is 0 Å². The summed E-state index contributed by atoms with van der Waals surface area (Å²) < 4.78 is 49.0. The summed E-state index contributed by atoms with van der Waals surface area (Å²) in [7, 11) is -2.90. The van der Waals surface area contributed by atoms with E-state index < -0.39 is 24.0 Å². The lowest BCUT2D eigenvalue weighted by Crippen LogP contribution is -2.32. The molecule has 110 valence electrons. The van der Waals surface area contributed by atoms with Crippen LogP contribution in [0.15, 0.2) is 59.4 Å². The van der Waals surface area contributed by atoms with E-state index in [-0.39, 0.29) is 18.0 Å². The van der Waals surface area contributed by atoms with Gasteiger partial charge in [-0.1, -0.05) is 24.3 Å². The fourth-order valence-electron chi connectivity index (χ4n) is 1.56. The highest BCUT2D eigenvalue weighted by atomic mass is 35.7. The molecule has 0 heterocycles. The molecule has 0 aliphatic heterocycles. The largest absolute Gasteiger partial charge is 0.262 e. The Bertz CT molecular complexity index is 701. The molecule has 0 unspecified atom stereocenters. The van der Waals surface area contributed by atoms with E-state index >= 15 is 0 Å². The molecule has 0 fully saturated rings. The number of halogens is 1. The van der Waals surface area contributed by atoms with Crippen molar-refractivity contribution in [3.63, 3.8) is 0 Å². The molecule has 5 nitrogen and oxygen atoms in total. The highest BCUT2D eigenvalue weighted by molar-refractivity contribution is 8.14. The second kappa shape index (κ2) is 6.53. The van der Waals surface area contributed by atoms with Crippen molar-refractivity contribution in [3.8, 4) is 0 Å². The van der Waals surface area contributed by atoms with Crippen LogP contribution in [-0.4, -0.2) is 34.2 Å². The first-order chi connectivity index (χ1) is 9.25. The molecule has 0 aliphatic rings. The number of nitrogens with zero attached hydrogens (tertiary/aromatic N) is 1. The van der Waals surface area contributed by atoms with Crippen molar-refractivity contribution < 1.29 is 16.8 Å². The SMILES string of the molecule is C=CCN(CC=C)S(=O)(=O)c1ccccc1S(=O)(=O)Cl. The predicted octanol–water partition coefficient (Wildman–Crippen LogP) is 1.98. The third-order valence-electron chi connectivity index (χ3n) is 2.40. The van der Waals surface area contributed by atoms with E-state index in [1.54, 1.807) is 0 Å². The van der Waals surface area contributed by atoms with E-state index in [1.807, 2.05) is 0 Å². The van der Waals surface area contributed by atoms with Crippen LogP contribution in [0.2, 0.25) is 0 Å². The molecular weight excluding hydrogens is 322 g/mol. The first-order valence-corrected chi connectivity index (χ1v) is 9.25. The second-order valence-corrected chi connectivity index (χ2v) is 8.22. The van der Waals surface area contributed by atoms with Crippen molar-refractivity contribution >= 4 is 29.8 Å². The summed E-state index contributed by atoms with van der Waals surface area (Å²) in [6.07, 6.45) is 2.80. The van der Waals surface area contributed by atoms with Gasteiger partial charge in [0.1, 0.15) is 9.79 Å². The van der Waals surface area contributed by atoms with Crippen LogP contribution >= 0.6 is 10.7 Å². The minimum Gasteiger partial charge on any atom is -0.207 e. The fraction of sp³-hybridized carbons (Fsp3) is 0.167. The number of hydrogen-bond acceptors (Lipinski definition) is 4. The van der Waals surface area contributed by atoms with Crippen molar-refractivity contribution in [3.05, 3.63) is 49.6 Å². The monoisotopic (exact) mass is 335 g/mol. The normalized spacial score (nSPS) is 12.3. The van der Waals surface area contributed by atoms with Crippen molar-refractivity contribution in [2.45, 2.75) is 9.79 Å². The third-order valence-corrected chi connectivity index (χ3v) is 5.79. The van der Waals surface area contributed by atoms with E-state index in [0.717, 1.165) is 10.4 Å². The Morgan fingerprint density at radius 3 is 1.85 bits per heavy atom. The number of rotatable bonds is 7. The van der Waals surface area contributed by atoms with Gasteiger partial charge < -0.3 is 0 Å². The van der Waals surface area contributed by atoms with Gasteiger partial charge in [-0.3, -0.25) is 0 Å². The Morgan fingerprint density at radius 2 is 1.45 bits per heavy atom. The van der Waals surface area contributed by atoms with Crippen molar-refractivity contribution in [2.24, 2.45) is 0 Å². The zero-order valence-corrected chi connectivity index (χ0v) is 13.0. The maximum Gasteiger partial charge on any atom is 0.262 e. The zero-order chi connectivity index (χ0) is 15.4. The molecule has 1 aromatic rings. The van der Waals surface area contributed by atoms with Gasteiger partial charge in [-0.05, 0) is 12.1 Å². The summed E-state index contributed by atoms with van der Waals surface area (Å²) in [6, 6.07) is 5.18. The van der Waals surface area contributed by atoms with Crippen LogP contribution in [0.25, 0.3) is 0 Å². The summed E-state index contributed by atoms with van der Waals surface area (Å²) in [5.41, 5.74) is 0. The van der Waals surface area contributed by atoms with Crippen molar-refractivity contribution in [1.82, 2.24) is 4.31 Å². The Hall–Kier alpha value is -1.15. The zero-order valence-electron chi connectivity index (χ0n) is 10.6. The van der Waals surface area contributed by atoms with Crippen molar-refractivity contribution in [2.75, 3.05) is 13.1 Å². The van der Waals surface area contributed by atoms with E-state index in [9.17, 15) is 16.8 Å². The van der Waals surface area contributed by atoms with Crippen LogP contribution in [0.3, 0.4) is 0 Å². The van der Waals surface area contributed by atoms with Crippen LogP contribution in [-0.2, 0) is 19.1 Å². The van der Waals surface area contributed by atoms with E-state index in [1.165, 1.54) is 30.4 Å². The van der Waals surface area contributed by atoms with E-state index in [4.69, 9.17) is 10.7 Å². The Labute approximate surface area is 123 Å². The van der Waals surface area contributed by atoms with Crippen LogP contribution in [0.1, 0.15) is 0 Å². The van der Waals surface area contributed by atoms with Gasteiger partial charge in [0.05, 0.1) is 0 Å². The minimum absolute atomic E-state index is 0.0328. The minimum atomic E-state index is -4.17. The molecule has 0 saturated carbocycles. The van der Waals surface area contributed by atoms with Crippen LogP contribution in [0.4, 0.5) is 0 Å². The Morgan fingerprint density at radius 1 is 1.00 bits per heavy atom. The average molecular weight is 336 g/mol. The number of hydrogen-bond donors (Lipinski definition) is 0.